The molecule has 2 unspecified atom stereocenters. The molecule has 0 aromatic carbocycles. The first-order valence-electron chi connectivity index (χ1n) is 8.22. The van der Waals surface area contributed by atoms with Gasteiger partial charge in [0, 0.05) is 18.6 Å². The zero-order valence-electron chi connectivity index (χ0n) is 12.7. The van der Waals surface area contributed by atoms with Gasteiger partial charge in [0.1, 0.15) is 0 Å². The van der Waals surface area contributed by atoms with Gasteiger partial charge < -0.3 is 5.32 Å². The first-order chi connectivity index (χ1) is 8.74. The quantitative estimate of drug-likeness (QED) is 0.779. The summed E-state index contributed by atoms with van der Waals surface area (Å²) in [5, 5.41) is 3.78. The summed E-state index contributed by atoms with van der Waals surface area (Å²) in [4.78, 5) is 2.81. The predicted octanol–water partition coefficient (Wildman–Crippen LogP) is 3.42. The van der Waals surface area contributed by atoms with E-state index in [0.29, 0.717) is 5.41 Å². The van der Waals surface area contributed by atoms with Gasteiger partial charge in [-0.25, -0.2) is 0 Å². The summed E-state index contributed by atoms with van der Waals surface area (Å²) in [6, 6.07) is 1.60. The molecule has 1 saturated heterocycles. The molecule has 2 fully saturated rings. The van der Waals surface area contributed by atoms with Crippen molar-refractivity contribution in [3.05, 3.63) is 0 Å². The smallest absolute Gasteiger partial charge is 0.0249 e. The second-order valence-electron chi connectivity index (χ2n) is 6.49. The molecule has 1 aliphatic heterocycles. The summed E-state index contributed by atoms with van der Waals surface area (Å²) >= 11 is 0. The molecule has 2 nitrogen and oxygen atoms in total. The number of hydrogen-bond acceptors (Lipinski definition) is 2. The Kier molecular flexibility index (Phi) is 5.08. The van der Waals surface area contributed by atoms with Crippen LogP contribution in [0.15, 0.2) is 0 Å². The highest BCUT2D eigenvalue weighted by Crippen LogP contribution is 2.40. The summed E-state index contributed by atoms with van der Waals surface area (Å²) < 4.78 is 0. The lowest BCUT2D eigenvalue weighted by Gasteiger charge is -2.33. The zero-order valence-corrected chi connectivity index (χ0v) is 12.7. The summed E-state index contributed by atoms with van der Waals surface area (Å²) in [5.74, 6) is 0. The van der Waals surface area contributed by atoms with E-state index in [9.17, 15) is 0 Å². The van der Waals surface area contributed by atoms with Crippen LogP contribution in [-0.2, 0) is 0 Å². The van der Waals surface area contributed by atoms with Crippen LogP contribution in [0.1, 0.15) is 65.7 Å². The van der Waals surface area contributed by atoms with E-state index in [-0.39, 0.29) is 0 Å². The second-order valence-corrected chi connectivity index (χ2v) is 6.49. The maximum atomic E-state index is 3.78. The van der Waals surface area contributed by atoms with E-state index in [1.165, 1.54) is 64.6 Å². The Bertz CT molecular complexity index is 247. The van der Waals surface area contributed by atoms with Crippen molar-refractivity contribution in [2.45, 2.75) is 77.8 Å². The van der Waals surface area contributed by atoms with Crippen molar-refractivity contribution in [1.82, 2.24) is 10.2 Å². The molecule has 0 aromatic heterocycles. The minimum Gasteiger partial charge on any atom is -0.312 e. The summed E-state index contributed by atoms with van der Waals surface area (Å²) in [6.07, 6.45) is 9.65. The first kappa shape index (κ1) is 14.3. The number of likely N-dealkylation sites (tertiary alicyclic amines) is 1. The molecule has 0 amide bonds. The van der Waals surface area contributed by atoms with Crippen molar-refractivity contribution in [2.24, 2.45) is 5.41 Å². The molecular weight excluding hydrogens is 220 g/mol. The van der Waals surface area contributed by atoms with Crippen LogP contribution in [0.2, 0.25) is 0 Å². The minimum atomic E-state index is 0.637. The largest absolute Gasteiger partial charge is 0.312 e. The van der Waals surface area contributed by atoms with E-state index < -0.39 is 0 Å². The van der Waals surface area contributed by atoms with E-state index in [1.54, 1.807) is 0 Å². The Labute approximate surface area is 114 Å². The number of rotatable bonds is 6. The lowest BCUT2D eigenvalue weighted by atomic mass is 9.82. The Morgan fingerprint density at radius 1 is 1.17 bits per heavy atom. The van der Waals surface area contributed by atoms with Crippen LogP contribution >= 0.6 is 0 Å². The van der Waals surface area contributed by atoms with Crippen molar-refractivity contribution in [3.63, 3.8) is 0 Å². The van der Waals surface area contributed by atoms with E-state index >= 15 is 0 Å². The molecule has 1 N–H and O–H groups in total. The molecule has 18 heavy (non-hydrogen) atoms. The Morgan fingerprint density at radius 2 is 1.94 bits per heavy atom. The Hall–Kier alpha value is -0.0800. The highest BCUT2D eigenvalue weighted by Gasteiger charge is 2.41. The molecule has 0 spiro atoms. The molecule has 0 radical (unpaired) electrons. The van der Waals surface area contributed by atoms with Crippen LogP contribution in [0, 0.1) is 5.41 Å². The Morgan fingerprint density at radius 3 is 2.56 bits per heavy atom. The van der Waals surface area contributed by atoms with Gasteiger partial charge in [-0.3, -0.25) is 4.90 Å². The van der Waals surface area contributed by atoms with Gasteiger partial charge in [0.05, 0.1) is 0 Å². The van der Waals surface area contributed by atoms with E-state index in [4.69, 9.17) is 0 Å². The van der Waals surface area contributed by atoms with Crippen molar-refractivity contribution in [3.8, 4) is 0 Å². The lowest BCUT2D eigenvalue weighted by Crippen LogP contribution is -2.46. The standard InChI is InChI=1S/C16H32N2/c1-4-11-17-14-8-7-9-15(14)18-12-10-16(5-2,6-3)13-18/h14-15,17H,4-13H2,1-3H3. The molecule has 0 aromatic rings. The van der Waals surface area contributed by atoms with Gasteiger partial charge in [-0.1, -0.05) is 27.2 Å². The van der Waals surface area contributed by atoms with Gasteiger partial charge in [0.15, 0.2) is 0 Å². The fraction of sp³-hybridized carbons (Fsp3) is 1.00. The van der Waals surface area contributed by atoms with Crippen molar-refractivity contribution in [2.75, 3.05) is 19.6 Å². The van der Waals surface area contributed by atoms with Gasteiger partial charge in [-0.2, -0.15) is 0 Å². The topological polar surface area (TPSA) is 15.3 Å². The first-order valence-corrected chi connectivity index (χ1v) is 8.22. The van der Waals surface area contributed by atoms with Crippen LogP contribution in [0.3, 0.4) is 0 Å². The fourth-order valence-corrected chi connectivity index (χ4v) is 4.03. The average molecular weight is 252 g/mol. The molecule has 0 bridgehead atoms. The fourth-order valence-electron chi connectivity index (χ4n) is 4.03. The predicted molar refractivity (Wildman–Crippen MR) is 78.9 cm³/mol. The highest BCUT2D eigenvalue weighted by atomic mass is 15.2. The van der Waals surface area contributed by atoms with E-state index in [1.807, 2.05) is 0 Å². The van der Waals surface area contributed by atoms with Crippen molar-refractivity contribution >= 4 is 0 Å². The van der Waals surface area contributed by atoms with Gasteiger partial charge in [0.2, 0.25) is 0 Å². The normalized spacial score (nSPS) is 32.2. The van der Waals surface area contributed by atoms with Gasteiger partial charge in [-0.15, -0.1) is 0 Å². The van der Waals surface area contributed by atoms with Crippen LogP contribution in [-0.4, -0.2) is 36.6 Å². The molecular formula is C16H32N2. The summed E-state index contributed by atoms with van der Waals surface area (Å²) in [7, 11) is 0. The van der Waals surface area contributed by atoms with Crippen LogP contribution < -0.4 is 5.32 Å². The summed E-state index contributed by atoms with van der Waals surface area (Å²) in [5.41, 5.74) is 0.637. The highest BCUT2D eigenvalue weighted by molar-refractivity contribution is 4.97. The summed E-state index contributed by atoms with van der Waals surface area (Å²) in [6.45, 7) is 10.9. The third-order valence-electron chi connectivity index (χ3n) is 5.57. The minimum absolute atomic E-state index is 0.637. The van der Waals surface area contributed by atoms with Gasteiger partial charge in [-0.05, 0) is 57.0 Å². The van der Waals surface area contributed by atoms with Crippen molar-refractivity contribution in [1.29, 1.82) is 0 Å². The molecule has 106 valence electrons. The lowest BCUT2D eigenvalue weighted by molar-refractivity contribution is 0.174. The monoisotopic (exact) mass is 252 g/mol. The maximum Gasteiger partial charge on any atom is 0.0249 e. The van der Waals surface area contributed by atoms with Gasteiger partial charge in [0.25, 0.3) is 0 Å². The molecule has 1 saturated carbocycles. The van der Waals surface area contributed by atoms with Crippen LogP contribution in [0.25, 0.3) is 0 Å². The van der Waals surface area contributed by atoms with Gasteiger partial charge >= 0.3 is 0 Å². The second kappa shape index (κ2) is 6.38. The molecule has 2 atom stereocenters. The zero-order chi connectivity index (χ0) is 13.0. The Balaban J connectivity index is 1.91. The van der Waals surface area contributed by atoms with E-state index in [2.05, 4.69) is 31.0 Å². The van der Waals surface area contributed by atoms with Crippen LogP contribution in [0.5, 0.6) is 0 Å². The molecule has 2 heteroatoms. The van der Waals surface area contributed by atoms with Crippen LogP contribution in [0.4, 0.5) is 0 Å². The number of hydrogen-bond donors (Lipinski definition) is 1. The third-order valence-corrected chi connectivity index (χ3v) is 5.57. The average Bonchev–Trinajstić information content (AvgIpc) is 3.03. The maximum absolute atomic E-state index is 3.78. The van der Waals surface area contributed by atoms with Crippen molar-refractivity contribution < 1.29 is 0 Å². The molecule has 1 heterocycles. The SMILES string of the molecule is CCCNC1CCCC1N1CCC(CC)(CC)C1. The molecule has 1 aliphatic carbocycles. The molecule has 2 aliphatic rings. The number of nitrogens with zero attached hydrogens (tertiary/aromatic N) is 1. The molecule has 2 rings (SSSR count). The van der Waals surface area contributed by atoms with E-state index in [0.717, 1.165) is 12.1 Å². The number of nitrogens with one attached hydrogen (secondary N) is 1. The third kappa shape index (κ3) is 2.91.